The van der Waals surface area contributed by atoms with E-state index in [2.05, 4.69) is 21.3 Å². The lowest BCUT2D eigenvalue weighted by molar-refractivity contribution is -0.112. The van der Waals surface area contributed by atoms with Crippen molar-refractivity contribution < 1.29 is 9.90 Å². The summed E-state index contributed by atoms with van der Waals surface area (Å²) in [6.07, 6.45) is 2.30. The van der Waals surface area contributed by atoms with Crippen molar-refractivity contribution in [3.8, 4) is 6.07 Å². The Labute approximate surface area is 176 Å². The lowest BCUT2D eigenvalue weighted by atomic mass is 10.0. The van der Waals surface area contributed by atoms with Gasteiger partial charge in [0.2, 0.25) is 0 Å². The average molecular weight is 403 g/mol. The first-order valence-electron chi connectivity index (χ1n) is 9.83. The van der Waals surface area contributed by atoms with Crippen LogP contribution < -0.4 is 16.0 Å². The molecule has 154 valence electrons. The predicted molar refractivity (Wildman–Crippen MR) is 119 cm³/mol. The van der Waals surface area contributed by atoms with E-state index < -0.39 is 5.91 Å². The fourth-order valence-corrected chi connectivity index (χ4v) is 3.40. The summed E-state index contributed by atoms with van der Waals surface area (Å²) in [4.78, 5) is 19.3. The van der Waals surface area contributed by atoms with Crippen LogP contribution in [0.15, 0.2) is 65.3 Å². The van der Waals surface area contributed by atoms with Crippen molar-refractivity contribution >= 4 is 28.7 Å². The van der Waals surface area contributed by atoms with Crippen molar-refractivity contribution in [2.75, 3.05) is 23.3 Å². The van der Waals surface area contributed by atoms with Crippen LogP contribution in [-0.2, 0) is 4.79 Å². The van der Waals surface area contributed by atoms with E-state index in [4.69, 9.17) is 5.73 Å². The van der Waals surface area contributed by atoms with E-state index >= 15 is 0 Å². The van der Waals surface area contributed by atoms with Crippen LogP contribution >= 0.6 is 0 Å². The number of nitrogens with zero attached hydrogens (tertiary/aromatic N) is 3. The zero-order valence-corrected chi connectivity index (χ0v) is 16.9. The average Bonchev–Trinajstić information content (AvgIpc) is 2.75. The van der Waals surface area contributed by atoms with E-state index in [-0.39, 0.29) is 11.7 Å². The van der Waals surface area contributed by atoms with Crippen molar-refractivity contribution in [2.24, 2.45) is 10.7 Å². The topological polar surface area (TPSA) is 115 Å². The van der Waals surface area contributed by atoms with Crippen LogP contribution in [0.2, 0.25) is 0 Å². The Balaban J connectivity index is 1.75. The number of anilines is 2. The molecule has 1 heterocycles. The first-order valence-corrected chi connectivity index (χ1v) is 9.83. The van der Waals surface area contributed by atoms with Gasteiger partial charge in [0.05, 0.1) is 34.3 Å². The molecular formula is C23H25N5O2. The molecule has 1 fully saturated rings. The quantitative estimate of drug-likeness (QED) is 0.524. The molecule has 0 aromatic heterocycles. The van der Waals surface area contributed by atoms with E-state index in [0.717, 1.165) is 11.4 Å². The Morgan fingerprint density at radius 2 is 1.97 bits per heavy atom. The van der Waals surface area contributed by atoms with Gasteiger partial charge in [0.25, 0.3) is 5.91 Å². The summed E-state index contributed by atoms with van der Waals surface area (Å²) in [7, 11) is 0. The molecule has 30 heavy (non-hydrogen) atoms. The SMILES string of the molecule is CC(=Nc1ccccc1)C(=CN)C(=O)Nc1ccc(N2CCC(O)CC2)c(C#N)c1. The molecule has 1 aliphatic heterocycles. The number of nitrogens with two attached hydrogens (primary N) is 1. The van der Waals surface area contributed by atoms with Crippen LogP contribution in [0, 0.1) is 11.3 Å². The number of amides is 1. The maximum absolute atomic E-state index is 12.7. The number of nitrogens with one attached hydrogen (secondary N) is 1. The molecule has 3 rings (SSSR count). The van der Waals surface area contributed by atoms with E-state index in [9.17, 15) is 15.2 Å². The summed E-state index contributed by atoms with van der Waals surface area (Å²) in [5.41, 5.74) is 8.94. The van der Waals surface area contributed by atoms with Crippen LogP contribution in [0.25, 0.3) is 0 Å². The molecule has 1 saturated heterocycles. The number of nitriles is 1. The summed E-state index contributed by atoms with van der Waals surface area (Å²) in [5.74, 6) is -0.396. The molecule has 1 amide bonds. The van der Waals surface area contributed by atoms with Gasteiger partial charge < -0.3 is 21.1 Å². The largest absolute Gasteiger partial charge is 0.404 e. The monoisotopic (exact) mass is 403 g/mol. The zero-order valence-electron chi connectivity index (χ0n) is 16.9. The molecule has 0 radical (unpaired) electrons. The molecule has 7 heteroatoms. The van der Waals surface area contributed by atoms with Crippen LogP contribution in [0.5, 0.6) is 0 Å². The predicted octanol–water partition coefficient (Wildman–Crippen LogP) is 3.09. The molecular weight excluding hydrogens is 378 g/mol. The minimum atomic E-state index is -0.396. The maximum Gasteiger partial charge on any atom is 0.258 e. The highest BCUT2D eigenvalue weighted by molar-refractivity contribution is 6.25. The Kier molecular flexibility index (Phi) is 6.83. The molecule has 1 aliphatic rings. The zero-order chi connectivity index (χ0) is 21.5. The van der Waals surface area contributed by atoms with E-state index in [1.54, 1.807) is 19.1 Å². The van der Waals surface area contributed by atoms with Crippen molar-refractivity contribution in [1.29, 1.82) is 5.26 Å². The van der Waals surface area contributed by atoms with E-state index in [1.165, 1.54) is 6.20 Å². The van der Waals surface area contributed by atoms with Crippen molar-refractivity contribution in [1.82, 2.24) is 0 Å². The van der Waals surface area contributed by atoms with Gasteiger partial charge >= 0.3 is 0 Å². The first kappa shape index (κ1) is 21.1. The lowest BCUT2D eigenvalue weighted by Crippen LogP contribution is -2.36. The Morgan fingerprint density at radius 3 is 2.60 bits per heavy atom. The Bertz CT molecular complexity index is 1000. The molecule has 7 nitrogen and oxygen atoms in total. The van der Waals surface area contributed by atoms with Crippen LogP contribution in [0.1, 0.15) is 25.3 Å². The second-order valence-corrected chi connectivity index (χ2v) is 7.13. The fraction of sp³-hybridized carbons (Fsp3) is 0.261. The van der Waals surface area contributed by atoms with Crippen molar-refractivity contribution in [2.45, 2.75) is 25.9 Å². The minimum absolute atomic E-state index is 0.256. The van der Waals surface area contributed by atoms with Gasteiger partial charge in [-0.15, -0.1) is 0 Å². The molecule has 4 N–H and O–H groups in total. The minimum Gasteiger partial charge on any atom is -0.404 e. The molecule has 0 saturated carbocycles. The van der Waals surface area contributed by atoms with Crippen LogP contribution in [0.4, 0.5) is 17.1 Å². The summed E-state index contributed by atoms with van der Waals surface area (Å²) < 4.78 is 0. The number of hydrogen-bond donors (Lipinski definition) is 3. The van der Waals surface area contributed by atoms with Crippen LogP contribution in [-0.4, -0.2) is 35.9 Å². The van der Waals surface area contributed by atoms with Gasteiger partial charge in [0.15, 0.2) is 0 Å². The molecule has 0 unspecified atom stereocenters. The summed E-state index contributed by atoms with van der Waals surface area (Å²) in [6.45, 7) is 3.10. The van der Waals surface area contributed by atoms with Gasteiger partial charge in [-0.25, -0.2) is 0 Å². The van der Waals surface area contributed by atoms with Crippen molar-refractivity contribution in [3.63, 3.8) is 0 Å². The highest BCUT2D eigenvalue weighted by Crippen LogP contribution is 2.27. The van der Waals surface area contributed by atoms with Gasteiger partial charge in [-0.05, 0) is 50.1 Å². The van der Waals surface area contributed by atoms with E-state index in [0.29, 0.717) is 42.9 Å². The summed E-state index contributed by atoms with van der Waals surface area (Å²) in [5, 5.41) is 22.1. The highest BCUT2D eigenvalue weighted by atomic mass is 16.3. The van der Waals surface area contributed by atoms with Gasteiger partial charge in [-0.2, -0.15) is 5.26 Å². The van der Waals surface area contributed by atoms with Gasteiger partial charge in [-0.1, -0.05) is 18.2 Å². The van der Waals surface area contributed by atoms with Crippen LogP contribution in [0.3, 0.4) is 0 Å². The molecule has 2 aromatic carbocycles. The smallest absolute Gasteiger partial charge is 0.258 e. The van der Waals surface area contributed by atoms with Gasteiger partial charge in [0, 0.05) is 25.0 Å². The molecule has 0 bridgehead atoms. The number of aliphatic imine (C=N–C) groups is 1. The third kappa shape index (κ3) is 5.04. The normalized spacial score (nSPS) is 15.6. The number of aliphatic hydroxyl groups is 1. The van der Waals surface area contributed by atoms with Crippen molar-refractivity contribution in [3.05, 3.63) is 65.9 Å². The lowest BCUT2D eigenvalue weighted by Gasteiger charge is -2.32. The van der Waals surface area contributed by atoms with Gasteiger partial charge in [-0.3, -0.25) is 9.79 Å². The van der Waals surface area contributed by atoms with Gasteiger partial charge in [0.1, 0.15) is 6.07 Å². The summed E-state index contributed by atoms with van der Waals surface area (Å²) >= 11 is 0. The number of para-hydroxylation sites is 1. The number of carbonyl (C=O) groups excluding carboxylic acids is 1. The number of carbonyl (C=O) groups is 1. The fourth-order valence-electron chi connectivity index (χ4n) is 3.40. The summed E-state index contributed by atoms with van der Waals surface area (Å²) in [6, 6.07) is 16.7. The highest BCUT2D eigenvalue weighted by Gasteiger charge is 2.20. The van der Waals surface area contributed by atoms with E-state index in [1.807, 2.05) is 36.4 Å². The Hall–Kier alpha value is -3.63. The number of benzene rings is 2. The standard InChI is InChI=1S/C23H25N5O2/c1-16(26-18-5-3-2-4-6-18)21(15-25)23(30)27-19-7-8-22(17(13-19)14-24)28-11-9-20(29)10-12-28/h2-8,13,15,20,29H,9-12,25H2,1H3,(H,27,30). The molecule has 2 aromatic rings. The second-order valence-electron chi connectivity index (χ2n) is 7.13. The number of rotatable bonds is 5. The molecule has 0 spiro atoms. The number of piperidine rings is 1. The third-order valence-electron chi connectivity index (χ3n) is 5.03. The second kappa shape index (κ2) is 9.72. The maximum atomic E-state index is 12.7. The first-order chi connectivity index (χ1) is 14.5. The molecule has 0 atom stereocenters. The Morgan fingerprint density at radius 1 is 1.27 bits per heavy atom. The number of hydrogen-bond acceptors (Lipinski definition) is 6. The molecule has 0 aliphatic carbocycles. The number of aliphatic hydroxyl groups excluding tert-OH is 1. The third-order valence-corrected chi connectivity index (χ3v) is 5.03.